The third kappa shape index (κ3) is 3.54. The van der Waals surface area contributed by atoms with Gasteiger partial charge < -0.3 is 24.4 Å². The summed E-state index contributed by atoms with van der Waals surface area (Å²) in [5, 5.41) is 10.9. The first kappa shape index (κ1) is 18.3. The van der Waals surface area contributed by atoms with Gasteiger partial charge in [-0.25, -0.2) is 0 Å². The summed E-state index contributed by atoms with van der Waals surface area (Å²) in [6, 6.07) is 2.06. The molecule has 3 aliphatic rings. The number of methoxy groups -OCH3 is 2. The maximum atomic E-state index is 12.6. The second-order valence-electron chi connectivity index (χ2n) is 7.98. The number of rotatable bonds is 4. The van der Waals surface area contributed by atoms with E-state index in [0.717, 1.165) is 38.0 Å². The van der Waals surface area contributed by atoms with Gasteiger partial charge in [-0.3, -0.25) is 4.79 Å². The number of piperidine rings is 2. The summed E-state index contributed by atoms with van der Waals surface area (Å²) in [7, 11) is 3.10. The zero-order valence-corrected chi connectivity index (χ0v) is 16.1. The van der Waals surface area contributed by atoms with Crippen LogP contribution in [0.25, 0.3) is 0 Å². The second-order valence-corrected chi connectivity index (χ2v) is 7.98. The molecule has 0 bridgehead atoms. The molecule has 2 atom stereocenters. The average Bonchev–Trinajstić information content (AvgIpc) is 3.54. The highest BCUT2D eigenvalue weighted by Gasteiger charge is 2.48. The standard InChI is InChI=1S/C19H28N4O4/c1-26-16-10-15(20-18(21-16)27-2)22-9-6-14(24)19(11-22)7-3-8-23(12-19)17(25)13-4-5-13/h10,13-14,24H,3-9,11-12H2,1-2H3/t14-,19-/m1/s1. The molecule has 8 nitrogen and oxygen atoms in total. The van der Waals surface area contributed by atoms with Crippen LogP contribution in [0, 0.1) is 11.3 Å². The van der Waals surface area contributed by atoms with Gasteiger partial charge in [0.25, 0.3) is 0 Å². The van der Waals surface area contributed by atoms with E-state index in [4.69, 9.17) is 9.47 Å². The Morgan fingerprint density at radius 1 is 1.19 bits per heavy atom. The number of likely N-dealkylation sites (tertiary alicyclic amines) is 1. The van der Waals surface area contributed by atoms with E-state index in [2.05, 4.69) is 14.9 Å². The van der Waals surface area contributed by atoms with Crippen molar-refractivity contribution in [3.05, 3.63) is 6.07 Å². The van der Waals surface area contributed by atoms with Gasteiger partial charge in [0, 0.05) is 43.6 Å². The van der Waals surface area contributed by atoms with Crippen LogP contribution in [-0.2, 0) is 4.79 Å². The minimum absolute atomic E-state index is 0.215. The maximum Gasteiger partial charge on any atom is 0.321 e. The van der Waals surface area contributed by atoms with Gasteiger partial charge in [0.05, 0.1) is 20.3 Å². The fraction of sp³-hybridized carbons (Fsp3) is 0.737. The Morgan fingerprint density at radius 3 is 2.70 bits per heavy atom. The number of hydrogen-bond donors (Lipinski definition) is 1. The summed E-state index contributed by atoms with van der Waals surface area (Å²) in [6.07, 6.45) is 4.11. The average molecular weight is 376 g/mol. The van der Waals surface area contributed by atoms with Crippen LogP contribution in [0.15, 0.2) is 6.07 Å². The molecule has 1 amide bonds. The molecule has 0 aromatic carbocycles. The Balaban J connectivity index is 1.56. The Morgan fingerprint density at radius 2 is 2.00 bits per heavy atom. The topological polar surface area (TPSA) is 88.0 Å². The normalized spacial score (nSPS) is 28.3. The minimum Gasteiger partial charge on any atom is -0.481 e. The van der Waals surface area contributed by atoms with Gasteiger partial charge in [0.2, 0.25) is 11.8 Å². The molecule has 1 spiro atoms. The van der Waals surface area contributed by atoms with Crippen LogP contribution in [0.2, 0.25) is 0 Å². The molecular weight excluding hydrogens is 348 g/mol. The van der Waals surface area contributed by atoms with Gasteiger partial charge in [-0.2, -0.15) is 9.97 Å². The molecule has 1 aliphatic carbocycles. The highest BCUT2D eigenvalue weighted by atomic mass is 16.5. The van der Waals surface area contributed by atoms with E-state index in [-0.39, 0.29) is 23.3 Å². The van der Waals surface area contributed by atoms with E-state index >= 15 is 0 Å². The van der Waals surface area contributed by atoms with Crippen molar-refractivity contribution in [2.24, 2.45) is 11.3 Å². The SMILES string of the molecule is COc1cc(N2CC[C@@H](O)[C@]3(CCCN(C(=O)C4CC4)C3)C2)nc(OC)n1. The van der Waals surface area contributed by atoms with E-state index < -0.39 is 6.10 Å². The molecule has 0 unspecified atom stereocenters. The zero-order chi connectivity index (χ0) is 19.0. The fourth-order valence-corrected chi connectivity index (χ4v) is 4.43. The van der Waals surface area contributed by atoms with Crippen molar-refractivity contribution >= 4 is 11.7 Å². The molecule has 1 saturated carbocycles. The molecule has 3 heterocycles. The van der Waals surface area contributed by atoms with Crippen LogP contribution in [0.3, 0.4) is 0 Å². The lowest BCUT2D eigenvalue weighted by molar-refractivity contribution is -0.139. The van der Waals surface area contributed by atoms with Crippen LogP contribution in [0.4, 0.5) is 5.82 Å². The lowest BCUT2D eigenvalue weighted by atomic mass is 9.71. The monoisotopic (exact) mass is 376 g/mol. The molecule has 4 rings (SSSR count). The summed E-state index contributed by atoms with van der Waals surface area (Å²) < 4.78 is 10.5. The van der Waals surface area contributed by atoms with Crippen LogP contribution < -0.4 is 14.4 Å². The summed E-state index contributed by atoms with van der Waals surface area (Å²) in [5.74, 6) is 1.66. The van der Waals surface area contributed by atoms with Gasteiger partial charge >= 0.3 is 6.01 Å². The lowest BCUT2D eigenvalue weighted by Crippen LogP contribution is -2.60. The molecule has 148 valence electrons. The molecule has 2 aliphatic heterocycles. The maximum absolute atomic E-state index is 12.6. The first-order valence-corrected chi connectivity index (χ1v) is 9.73. The lowest BCUT2D eigenvalue weighted by Gasteiger charge is -2.51. The molecule has 8 heteroatoms. The molecule has 0 radical (unpaired) electrons. The van der Waals surface area contributed by atoms with Gasteiger partial charge in [-0.15, -0.1) is 0 Å². The first-order chi connectivity index (χ1) is 13.0. The van der Waals surface area contributed by atoms with E-state index in [1.54, 1.807) is 13.2 Å². The Bertz CT molecular complexity index is 689. The molecule has 1 N–H and O–H groups in total. The number of carbonyl (C=O) groups excluding carboxylic acids is 1. The molecule has 1 aromatic rings. The van der Waals surface area contributed by atoms with Crippen LogP contribution in [0.1, 0.15) is 32.1 Å². The number of hydrogen-bond acceptors (Lipinski definition) is 7. The highest BCUT2D eigenvalue weighted by Crippen LogP contribution is 2.42. The largest absolute Gasteiger partial charge is 0.481 e. The molecule has 2 saturated heterocycles. The van der Waals surface area contributed by atoms with Crippen LogP contribution in [-0.4, -0.2) is 72.4 Å². The van der Waals surface area contributed by atoms with Crippen molar-refractivity contribution in [1.82, 2.24) is 14.9 Å². The smallest absolute Gasteiger partial charge is 0.321 e. The van der Waals surface area contributed by atoms with Crippen LogP contribution in [0.5, 0.6) is 11.9 Å². The number of ether oxygens (including phenoxy) is 2. The predicted octanol–water partition coefficient (Wildman–Crippen LogP) is 1.08. The number of nitrogens with zero attached hydrogens (tertiary/aromatic N) is 4. The second kappa shape index (κ2) is 7.14. The number of aromatic nitrogens is 2. The van der Waals surface area contributed by atoms with Gasteiger partial charge in [0.1, 0.15) is 5.82 Å². The summed E-state index contributed by atoms with van der Waals surface area (Å²) in [6.45, 7) is 2.78. The van der Waals surface area contributed by atoms with Crippen molar-refractivity contribution in [3.63, 3.8) is 0 Å². The van der Waals surface area contributed by atoms with Crippen molar-refractivity contribution in [1.29, 1.82) is 0 Å². The third-order valence-electron chi connectivity index (χ3n) is 6.12. The van der Waals surface area contributed by atoms with Crippen molar-refractivity contribution in [2.75, 3.05) is 45.3 Å². The Labute approximate surface area is 159 Å². The minimum atomic E-state index is -0.408. The Hall–Kier alpha value is -2.09. The number of carbonyl (C=O) groups is 1. The molecule has 1 aromatic heterocycles. The van der Waals surface area contributed by atoms with Crippen LogP contribution >= 0.6 is 0 Å². The Kier molecular flexibility index (Phi) is 4.84. The molecule has 3 fully saturated rings. The third-order valence-corrected chi connectivity index (χ3v) is 6.12. The highest BCUT2D eigenvalue weighted by molar-refractivity contribution is 5.81. The van der Waals surface area contributed by atoms with E-state index in [9.17, 15) is 9.90 Å². The van der Waals surface area contributed by atoms with Gasteiger partial charge in [0.15, 0.2) is 0 Å². The molecular formula is C19H28N4O4. The molecule has 27 heavy (non-hydrogen) atoms. The summed E-state index contributed by atoms with van der Waals surface area (Å²) in [4.78, 5) is 25.4. The van der Waals surface area contributed by atoms with E-state index in [0.29, 0.717) is 31.9 Å². The van der Waals surface area contributed by atoms with Crippen molar-refractivity contribution in [2.45, 2.75) is 38.2 Å². The number of amides is 1. The van der Waals surface area contributed by atoms with E-state index in [1.165, 1.54) is 7.11 Å². The predicted molar refractivity (Wildman–Crippen MR) is 98.9 cm³/mol. The number of aliphatic hydroxyl groups is 1. The van der Waals surface area contributed by atoms with Gasteiger partial charge in [-0.05, 0) is 32.1 Å². The van der Waals surface area contributed by atoms with E-state index in [1.807, 2.05) is 4.90 Å². The number of aliphatic hydroxyl groups excluding tert-OH is 1. The van der Waals surface area contributed by atoms with Crippen molar-refractivity contribution in [3.8, 4) is 11.9 Å². The van der Waals surface area contributed by atoms with Crippen molar-refractivity contribution < 1.29 is 19.4 Å². The zero-order valence-electron chi connectivity index (χ0n) is 16.1. The number of anilines is 1. The summed E-state index contributed by atoms with van der Waals surface area (Å²) in [5.41, 5.74) is -0.313. The summed E-state index contributed by atoms with van der Waals surface area (Å²) >= 11 is 0. The quantitative estimate of drug-likeness (QED) is 0.841. The first-order valence-electron chi connectivity index (χ1n) is 9.73. The van der Waals surface area contributed by atoms with Gasteiger partial charge in [-0.1, -0.05) is 0 Å². The fourth-order valence-electron chi connectivity index (χ4n) is 4.43.